The zero-order valence-corrected chi connectivity index (χ0v) is 11.5. The van der Waals surface area contributed by atoms with Crippen LogP contribution in [-0.2, 0) is 4.79 Å². The van der Waals surface area contributed by atoms with Crippen LogP contribution in [0.3, 0.4) is 0 Å². The Balaban J connectivity index is 2.07. The van der Waals surface area contributed by atoms with Gasteiger partial charge in [0.15, 0.2) is 0 Å². The molecule has 0 aliphatic carbocycles. The number of carbonyl (C=O) groups excluding carboxylic acids is 1. The number of anilines is 1. The first-order valence-electron chi connectivity index (χ1n) is 6.81. The number of aliphatic hydroxyl groups excluding tert-OH is 1. The van der Waals surface area contributed by atoms with E-state index in [1.54, 1.807) is 4.90 Å². The molecule has 0 saturated carbocycles. The van der Waals surface area contributed by atoms with Gasteiger partial charge in [0.1, 0.15) is 0 Å². The van der Waals surface area contributed by atoms with Crippen molar-refractivity contribution in [1.82, 2.24) is 4.90 Å². The van der Waals surface area contributed by atoms with Crippen molar-refractivity contribution in [2.24, 2.45) is 5.92 Å². The minimum atomic E-state index is -0.411. The van der Waals surface area contributed by atoms with E-state index in [0.29, 0.717) is 12.2 Å². The number of nitrogens with zero attached hydrogens (tertiary/aromatic N) is 1. The Bertz CT molecular complexity index is 461. The van der Waals surface area contributed by atoms with Crippen molar-refractivity contribution in [1.29, 1.82) is 0 Å². The molecule has 2 rings (SSSR count). The first-order chi connectivity index (χ1) is 8.99. The molecule has 1 amide bonds. The van der Waals surface area contributed by atoms with E-state index in [1.807, 2.05) is 38.1 Å². The summed E-state index contributed by atoms with van der Waals surface area (Å²) in [4.78, 5) is 14.2. The molecule has 1 aliphatic rings. The number of rotatable bonds is 2. The van der Waals surface area contributed by atoms with Crippen LogP contribution in [0.15, 0.2) is 24.3 Å². The molecule has 3 N–H and O–H groups in total. The Kier molecular flexibility index (Phi) is 4.10. The van der Waals surface area contributed by atoms with Gasteiger partial charge in [0.2, 0.25) is 5.91 Å². The normalized spacial score (nSPS) is 25.1. The second kappa shape index (κ2) is 5.61. The summed E-state index contributed by atoms with van der Waals surface area (Å²) in [5.74, 6) is 0.118. The van der Waals surface area contributed by atoms with Gasteiger partial charge in [-0.25, -0.2) is 0 Å². The van der Waals surface area contributed by atoms with Crippen molar-refractivity contribution >= 4 is 11.6 Å². The van der Waals surface area contributed by atoms with Crippen LogP contribution >= 0.6 is 0 Å². The number of likely N-dealkylation sites (tertiary alicyclic amines) is 1. The molecular formula is C15H22N2O2. The highest BCUT2D eigenvalue weighted by Gasteiger charge is 2.30. The van der Waals surface area contributed by atoms with E-state index in [2.05, 4.69) is 0 Å². The molecule has 0 radical (unpaired) electrons. The van der Waals surface area contributed by atoms with E-state index in [4.69, 9.17) is 5.73 Å². The maximum Gasteiger partial charge on any atom is 0.229 e. The van der Waals surface area contributed by atoms with Gasteiger partial charge in [0, 0.05) is 18.8 Å². The van der Waals surface area contributed by atoms with Gasteiger partial charge in [-0.15, -0.1) is 0 Å². The molecule has 0 spiro atoms. The van der Waals surface area contributed by atoms with E-state index in [9.17, 15) is 9.90 Å². The Labute approximate surface area is 114 Å². The smallest absolute Gasteiger partial charge is 0.229 e. The Morgan fingerprint density at radius 3 is 2.89 bits per heavy atom. The van der Waals surface area contributed by atoms with Crippen LogP contribution in [0.5, 0.6) is 0 Å². The largest absolute Gasteiger partial charge is 0.399 e. The van der Waals surface area contributed by atoms with Crippen LogP contribution in [0.2, 0.25) is 0 Å². The average Bonchev–Trinajstić information content (AvgIpc) is 2.40. The average molecular weight is 262 g/mol. The topological polar surface area (TPSA) is 66.6 Å². The van der Waals surface area contributed by atoms with Gasteiger partial charge in [0.05, 0.1) is 12.0 Å². The van der Waals surface area contributed by atoms with Crippen LogP contribution in [0, 0.1) is 5.92 Å². The van der Waals surface area contributed by atoms with E-state index in [0.717, 1.165) is 18.5 Å². The van der Waals surface area contributed by atoms with Gasteiger partial charge >= 0.3 is 0 Å². The molecule has 1 heterocycles. The molecule has 0 aromatic heterocycles. The Morgan fingerprint density at radius 1 is 1.53 bits per heavy atom. The molecule has 4 heteroatoms. The molecule has 1 aromatic carbocycles. The second-order valence-electron chi connectivity index (χ2n) is 5.51. The fourth-order valence-electron chi connectivity index (χ4n) is 2.49. The summed E-state index contributed by atoms with van der Waals surface area (Å²) >= 11 is 0. The lowest BCUT2D eigenvalue weighted by Gasteiger charge is -2.35. The van der Waals surface area contributed by atoms with Crippen molar-refractivity contribution in [3.05, 3.63) is 29.8 Å². The maximum absolute atomic E-state index is 12.4. The molecule has 1 aliphatic heterocycles. The van der Waals surface area contributed by atoms with E-state index in [-0.39, 0.29) is 17.7 Å². The first-order valence-corrected chi connectivity index (χ1v) is 6.81. The zero-order valence-electron chi connectivity index (χ0n) is 11.5. The minimum Gasteiger partial charge on any atom is -0.399 e. The first kappa shape index (κ1) is 13.9. The molecule has 104 valence electrons. The standard InChI is InChI=1S/C15H22N2O2/c1-10-6-7-17(9-14(10)18)15(19)11(2)12-4-3-5-13(16)8-12/h3-5,8,10-11,14,18H,6-7,9,16H2,1-2H3. The number of aliphatic hydroxyl groups is 1. The Morgan fingerprint density at radius 2 is 2.26 bits per heavy atom. The van der Waals surface area contributed by atoms with Gasteiger partial charge in [-0.05, 0) is 37.0 Å². The summed E-state index contributed by atoms with van der Waals surface area (Å²) in [5.41, 5.74) is 7.35. The summed E-state index contributed by atoms with van der Waals surface area (Å²) in [5, 5.41) is 9.88. The number of carbonyl (C=O) groups is 1. The van der Waals surface area contributed by atoms with Crippen molar-refractivity contribution in [3.8, 4) is 0 Å². The predicted molar refractivity (Wildman–Crippen MR) is 75.6 cm³/mol. The number of hydrogen-bond donors (Lipinski definition) is 2. The van der Waals surface area contributed by atoms with E-state index < -0.39 is 6.10 Å². The summed E-state index contributed by atoms with van der Waals surface area (Å²) in [6.07, 6.45) is 0.446. The van der Waals surface area contributed by atoms with Crippen molar-refractivity contribution < 1.29 is 9.90 Å². The van der Waals surface area contributed by atoms with E-state index in [1.165, 1.54) is 0 Å². The quantitative estimate of drug-likeness (QED) is 0.796. The van der Waals surface area contributed by atoms with Crippen molar-refractivity contribution in [2.45, 2.75) is 32.3 Å². The molecule has 0 bridgehead atoms. The number of hydrogen-bond acceptors (Lipinski definition) is 3. The molecule has 1 fully saturated rings. The van der Waals surface area contributed by atoms with Crippen molar-refractivity contribution in [3.63, 3.8) is 0 Å². The summed E-state index contributed by atoms with van der Waals surface area (Å²) in [6, 6.07) is 7.43. The zero-order chi connectivity index (χ0) is 14.0. The van der Waals surface area contributed by atoms with Crippen LogP contribution in [0.25, 0.3) is 0 Å². The molecule has 19 heavy (non-hydrogen) atoms. The molecule has 4 nitrogen and oxygen atoms in total. The number of amides is 1. The Hall–Kier alpha value is -1.55. The van der Waals surface area contributed by atoms with Gasteiger partial charge in [0.25, 0.3) is 0 Å². The summed E-state index contributed by atoms with van der Waals surface area (Å²) in [6.45, 7) is 5.08. The highest BCUT2D eigenvalue weighted by atomic mass is 16.3. The van der Waals surface area contributed by atoms with Crippen LogP contribution < -0.4 is 5.73 Å². The van der Waals surface area contributed by atoms with Gasteiger partial charge < -0.3 is 15.7 Å². The fraction of sp³-hybridized carbons (Fsp3) is 0.533. The molecule has 3 atom stereocenters. The second-order valence-corrected chi connectivity index (χ2v) is 5.51. The SMILES string of the molecule is CC(C(=O)N1CCC(C)C(O)C1)c1cccc(N)c1. The maximum atomic E-state index is 12.4. The highest BCUT2D eigenvalue weighted by Crippen LogP contribution is 2.24. The molecule has 1 aromatic rings. The number of nitrogens with two attached hydrogens (primary N) is 1. The monoisotopic (exact) mass is 262 g/mol. The highest BCUT2D eigenvalue weighted by molar-refractivity contribution is 5.83. The summed E-state index contributed by atoms with van der Waals surface area (Å²) < 4.78 is 0. The van der Waals surface area contributed by atoms with Crippen LogP contribution in [-0.4, -0.2) is 35.1 Å². The third kappa shape index (κ3) is 3.07. The lowest BCUT2D eigenvalue weighted by molar-refractivity contribution is -0.136. The lowest BCUT2D eigenvalue weighted by Crippen LogP contribution is -2.47. The number of piperidine rings is 1. The number of benzene rings is 1. The van der Waals surface area contributed by atoms with Crippen molar-refractivity contribution in [2.75, 3.05) is 18.8 Å². The van der Waals surface area contributed by atoms with Gasteiger partial charge in [-0.3, -0.25) is 4.79 Å². The third-order valence-electron chi connectivity index (χ3n) is 4.01. The molecule has 1 saturated heterocycles. The number of β-amino-alcohol motifs (C(OH)–C–C–N with tert-alkyl or cyclic N) is 1. The molecular weight excluding hydrogens is 240 g/mol. The van der Waals surface area contributed by atoms with Gasteiger partial charge in [-0.1, -0.05) is 19.1 Å². The van der Waals surface area contributed by atoms with E-state index >= 15 is 0 Å². The minimum absolute atomic E-state index is 0.0663. The predicted octanol–water partition coefficient (Wildman–Crippen LogP) is 1.60. The fourth-order valence-corrected chi connectivity index (χ4v) is 2.49. The molecule has 3 unspecified atom stereocenters. The lowest BCUT2D eigenvalue weighted by atomic mass is 9.93. The van der Waals surface area contributed by atoms with Gasteiger partial charge in [-0.2, -0.15) is 0 Å². The van der Waals surface area contributed by atoms with Crippen LogP contribution in [0.1, 0.15) is 31.7 Å². The third-order valence-corrected chi connectivity index (χ3v) is 4.01. The summed E-state index contributed by atoms with van der Waals surface area (Å²) in [7, 11) is 0. The number of nitrogen functional groups attached to an aromatic ring is 1. The van der Waals surface area contributed by atoms with Crippen LogP contribution in [0.4, 0.5) is 5.69 Å².